The number of benzene rings is 2. The van der Waals surface area contributed by atoms with Crippen molar-refractivity contribution >= 4 is 34.1 Å². The summed E-state index contributed by atoms with van der Waals surface area (Å²) < 4.78 is 5.84. The topological polar surface area (TPSA) is 22.1 Å². The van der Waals surface area contributed by atoms with Crippen molar-refractivity contribution in [3.8, 4) is 5.75 Å². The number of hydrogen-bond donors (Lipinski definition) is 0. The first kappa shape index (κ1) is 13.2. The second kappa shape index (κ2) is 5.70. The van der Waals surface area contributed by atoms with Gasteiger partial charge in [-0.05, 0) is 11.6 Å². The lowest BCUT2D eigenvalue weighted by molar-refractivity contribution is 0.309. The minimum Gasteiger partial charge on any atom is -0.487 e. The molecule has 4 heteroatoms. The van der Waals surface area contributed by atoms with Gasteiger partial charge in [-0.3, -0.25) is 4.98 Å². The average Bonchev–Trinajstić information content (AvgIpc) is 2.50. The quantitative estimate of drug-likeness (QED) is 0.670. The van der Waals surface area contributed by atoms with Crippen LogP contribution >= 0.6 is 23.2 Å². The largest absolute Gasteiger partial charge is 0.487 e. The smallest absolute Gasteiger partial charge is 0.146 e. The molecule has 2 nitrogen and oxygen atoms in total. The molecule has 0 radical (unpaired) electrons. The molecule has 1 heterocycles. The predicted molar refractivity (Wildman–Crippen MR) is 82.5 cm³/mol. The number of halogens is 2. The molecule has 100 valence electrons. The van der Waals surface area contributed by atoms with Gasteiger partial charge in [0.25, 0.3) is 0 Å². The van der Waals surface area contributed by atoms with E-state index in [1.54, 1.807) is 6.20 Å². The molecule has 0 fully saturated rings. The molecule has 0 atom stereocenters. The molecule has 0 bridgehead atoms. The zero-order chi connectivity index (χ0) is 13.9. The fourth-order valence-electron chi connectivity index (χ4n) is 1.99. The Morgan fingerprint density at radius 2 is 1.75 bits per heavy atom. The van der Waals surface area contributed by atoms with Gasteiger partial charge in [0.15, 0.2) is 0 Å². The lowest BCUT2D eigenvalue weighted by Gasteiger charge is -2.10. The van der Waals surface area contributed by atoms with Crippen molar-refractivity contribution in [3.05, 3.63) is 70.3 Å². The average molecular weight is 304 g/mol. The molecule has 3 rings (SSSR count). The summed E-state index contributed by atoms with van der Waals surface area (Å²) in [5.74, 6) is 0.699. The standard InChI is InChI=1S/C16H11Cl2NO/c17-13-9-19-16-12(15(13)18)7-4-8-14(16)20-10-11-5-2-1-3-6-11/h1-9H,10H2. The van der Waals surface area contributed by atoms with Gasteiger partial charge in [-0.15, -0.1) is 0 Å². The molecule has 0 spiro atoms. The Balaban J connectivity index is 1.94. The highest BCUT2D eigenvalue weighted by molar-refractivity contribution is 6.45. The highest BCUT2D eigenvalue weighted by Gasteiger charge is 2.09. The summed E-state index contributed by atoms with van der Waals surface area (Å²) in [4.78, 5) is 4.31. The van der Waals surface area contributed by atoms with Gasteiger partial charge in [0, 0.05) is 11.6 Å². The van der Waals surface area contributed by atoms with Crippen molar-refractivity contribution in [1.29, 1.82) is 0 Å². The summed E-state index contributed by atoms with van der Waals surface area (Å²) >= 11 is 12.2. The van der Waals surface area contributed by atoms with E-state index in [9.17, 15) is 0 Å². The highest BCUT2D eigenvalue weighted by Crippen LogP contribution is 2.33. The molecule has 0 aliphatic carbocycles. The Morgan fingerprint density at radius 1 is 0.950 bits per heavy atom. The normalized spacial score (nSPS) is 10.7. The summed E-state index contributed by atoms with van der Waals surface area (Å²) in [5.41, 5.74) is 1.82. The Bertz CT molecular complexity index is 744. The summed E-state index contributed by atoms with van der Waals surface area (Å²) in [5, 5.41) is 1.74. The van der Waals surface area contributed by atoms with Gasteiger partial charge in [0.1, 0.15) is 17.9 Å². The van der Waals surface area contributed by atoms with Crippen LogP contribution in [0.5, 0.6) is 5.75 Å². The van der Waals surface area contributed by atoms with Gasteiger partial charge in [0.05, 0.1) is 10.0 Å². The van der Waals surface area contributed by atoms with Crippen LogP contribution in [0.3, 0.4) is 0 Å². The number of nitrogens with zero attached hydrogens (tertiary/aromatic N) is 1. The first-order chi connectivity index (χ1) is 9.75. The van der Waals surface area contributed by atoms with Gasteiger partial charge in [0.2, 0.25) is 0 Å². The van der Waals surface area contributed by atoms with Crippen LogP contribution in [0.25, 0.3) is 10.9 Å². The maximum absolute atomic E-state index is 6.19. The number of para-hydroxylation sites is 1. The third kappa shape index (κ3) is 2.58. The zero-order valence-electron chi connectivity index (χ0n) is 10.5. The van der Waals surface area contributed by atoms with Gasteiger partial charge >= 0.3 is 0 Å². The summed E-state index contributed by atoms with van der Waals surface area (Å²) in [7, 11) is 0. The molecule has 0 amide bonds. The van der Waals surface area contributed by atoms with E-state index in [-0.39, 0.29) is 0 Å². The minimum atomic E-state index is 0.444. The van der Waals surface area contributed by atoms with Crippen LogP contribution in [0, 0.1) is 0 Å². The molecule has 20 heavy (non-hydrogen) atoms. The number of aromatic nitrogens is 1. The van der Waals surface area contributed by atoms with E-state index < -0.39 is 0 Å². The lowest BCUT2D eigenvalue weighted by Crippen LogP contribution is -1.96. The van der Waals surface area contributed by atoms with Crippen molar-refractivity contribution in [3.63, 3.8) is 0 Å². The number of ether oxygens (including phenoxy) is 1. The van der Waals surface area contributed by atoms with Crippen LogP contribution in [-0.2, 0) is 6.61 Å². The molecule has 0 aliphatic rings. The van der Waals surface area contributed by atoms with E-state index in [1.165, 1.54) is 0 Å². The fraction of sp³-hybridized carbons (Fsp3) is 0.0625. The SMILES string of the molecule is Clc1cnc2c(OCc3ccccc3)cccc2c1Cl. The van der Waals surface area contributed by atoms with Crippen LogP contribution in [0.1, 0.15) is 5.56 Å². The summed E-state index contributed by atoms with van der Waals surface area (Å²) in [6, 6.07) is 15.6. The molecule has 1 aromatic heterocycles. The third-order valence-electron chi connectivity index (χ3n) is 2.99. The Labute approximate surface area is 126 Å². The van der Waals surface area contributed by atoms with E-state index in [2.05, 4.69) is 4.98 Å². The molecule has 0 unspecified atom stereocenters. The monoisotopic (exact) mass is 303 g/mol. The molecule has 2 aromatic carbocycles. The van der Waals surface area contributed by atoms with Gasteiger partial charge < -0.3 is 4.74 Å². The summed E-state index contributed by atoms with van der Waals surface area (Å²) in [6.07, 6.45) is 1.54. The lowest BCUT2D eigenvalue weighted by atomic mass is 10.2. The van der Waals surface area contributed by atoms with Gasteiger partial charge in [-0.2, -0.15) is 0 Å². The van der Waals surface area contributed by atoms with E-state index in [0.717, 1.165) is 16.5 Å². The highest BCUT2D eigenvalue weighted by atomic mass is 35.5. The molecular weight excluding hydrogens is 293 g/mol. The number of hydrogen-bond acceptors (Lipinski definition) is 2. The van der Waals surface area contributed by atoms with Crippen LogP contribution in [-0.4, -0.2) is 4.98 Å². The number of rotatable bonds is 3. The molecule has 0 saturated carbocycles. The van der Waals surface area contributed by atoms with E-state index in [0.29, 0.717) is 22.4 Å². The Kier molecular flexibility index (Phi) is 3.77. The van der Waals surface area contributed by atoms with Crippen molar-refractivity contribution < 1.29 is 4.74 Å². The van der Waals surface area contributed by atoms with Crippen LogP contribution in [0.4, 0.5) is 0 Å². The van der Waals surface area contributed by atoms with Crippen molar-refractivity contribution in [2.24, 2.45) is 0 Å². The van der Waals surface area contributed by atoms with Crippen molar-refractivity contribution in [2.75, 3.05) is 0 Å². The van der Waals surface area contributed by atoms with Crippen molar-refractivity contribution in [1.82, 2.24) is 4.98 Å². The number of pyridine rings is 1. The Hall–Kier alpha value is -1.77. The number of fused-ring (bicyclic) bond motifs is 1. The van der Waals surface area contributed by atoms with Crippen LogP contribution < -0.4 is 4.74 Å². The first-order valence-electron chi connectivity index (χ1n) is 6.15. The Morgan fingerprint density at radius 3 is 2.55 bits per heavy atom. The summed E-state index contributed by atoms with van der Waals surface area (Å²) in [6.45, 7) is 0.488. The van der Waals surface area contributed by atoms with Gasteiger partial charge in [-0.1, -0.05) is 65.7 Å². The van der Waals surface area contributed by atoms with Crippen LogP contribution in [0.2, 0.25) is 10.0 Å². The van der Waals surface area contributed by atoms with E-state index in [1.807, 2.05) is 48.5 Å². The van der Waals surface area contributed by atoms with E-state index >= 15 is 0 Å². The third-order valence-corrected chi connectivity index (χ3v) is 3.78. The van der Waals surface area contributed by atoms with E-state index in [4.69, 9.17) is 27.9 Å². The predicted octanol–water partition coefficient (Wildman–Crippen LogP) is 5.12. The van der Waals surface area contributed by atoms with Crippen LogP contribution in [0.15, 0.2) is 54.7 Å². The molecule has 0 saturated heterocycles. The zero-order valence-corrected chi connectivity index (χ0v) is 12.0. The molecule has 0 N–H and O–H groups in total. The maximum atomic E-state index is 6.19. The first-order valence-corrected chi connectivity index (χ1v) is 6.91. The molecule has 0 aliphatic heterocycles. The van der Waals surface area contributed by atoms with Gasteiger partial charge in [-0.25, -0.2) is 0 Å². The second-order valence-corrected chi connectivity index (χ2v) is 5.13. The second-order valence-electron chi connectivity index (χ2n) is 4.35. The molecule has 3 aromatic rings. The maximum Gasteiger partial charge on any atom is 0.146 e. The minimum absolute atomic E-state index is 0.444. The fourth-order valence-corrected chi connectivity index (χ4v) is 2.34. The molecular formula is C16H11Cl2NO. The van der Waals surface area contributed by atoms with Crippen molar-refractivity contribution in [2.45, 2.75) is 6.61 Å².